The SMILES string of the molecule is CCc1nc(-c2ccc(OC)cc2)n(-c2cccc(C(=O)NCCc3ccc(Cl)cc3Cl)c2)n1. The molecule has 0 fully saturated rings. The number of carbonyl (C=O) groups excluding carboxylic acids is 1. The van der Waals surface area contributed by atoms with E-state index in [9.17, 15) is 4.79 Å². The summed E-state index contributed by atoms with van der Waals surface area (Å²) in [6.45, 7) is 2.46. The lowest BCUT2D eigenvalue weighted by Crippen LogP contribution is -2.25. The van der Waals surface area contributed by atoms with E-state index in [1.54, 1.807) is 30.0 Å². The lowest BCUT2D eigenvalue weighted by Gasteiger charge is -2.10. The lowest BCUT2D eigenvalue weighted by molar-refractivity contribution is 0.0954. The summed E-state index contributed by atoms with van der Waals surface area (Å²) in [5.74, 6) is 2.02. The number of aryl methyl sites for hydroxylation is 1. The second-order valence-corrected chi connectivity index (χ2v) is 8.48. The van der Waals surface area contributed by atoms with Crippen LogP contribution in [-0.4, -0.2) is 34.3 Å². The Morgan fingerprint density at radius 1 is 1.06 bits per heavy atom. The number of nitrogens with zero attached hydrogens (tertiary/aromatic N) is 3. The third kappa shape index (κ3) is 5.41. The van der Waals surface area contributed by atoms with E-state index >= 15 is 0 Å². The number of methoxy groups -OCH3 is 1. The highest BCUT2D eigenvalue weighted by atomic mass is 35.5. The van der Waals surface area contributed by atoms with Crippen LogP contribution in [-0.2, 0) is 12.8 Å². The molecular weight excluding hydrogens is 471 g/mol. The Bertz CT molecular complexity index is 1300. The van der Waals surface area contributed by atoms with Crippen molar-refractivity contribution >= 4 is 29.1 Å². The molecule has 1 amide bonds. The number of ether oxygens (including phenoxy) is 1. The van der Waals surface area contributed by atoms with Crippen LogP contribution < -0.4 is 10.1 Å². The molecule has 174 valence electrons. The van der Waals surface area contributed by atoms with Gasteiger partial charge in [0.1, 0.15) is 5.75 Å². The molecule has 0 atom stereocenters. The van der Waals surface area contributed by atoms with Crippen molar-refractivity contribution in [3.05, 3.63) is 93.7 Å². The van der Waals surface area contributed by atoms with Crippen LogP contribution >= 0.6 is 23.2 Å². The van der Waals surface area contributed by atoms with Gasteiger partial charge >= 0.3 is 0 Å². The first-order valence-electron chi connectivity index (χ1n) is 10.9. The summed E-state index contributed by atoms with van der Waals surface area (Å²) in [5, 5.41) is 8.78. The van der Waals surface area contributed by atoms with Crippen molar-refractivity contribution in [2.24, 2.45) is 0 Å². The molecule has 0 aliphatic rings. The first-order valence-corrected chi connectivity index (χ1v) is 11.7. The Balaban J connectivity index is 1.53. The zero-order chi connectivity index (χ0) is 24.1. The minimum Gasteiger partial charge on any atom is -0.497 e. The number of aromatic nitrogens is 3. The molecule has 0 saturated carbocycles. The summed E-state index contributed by atoms with van der Waals surface area (Å²) in [6.07, 6.45) is 1.30. The largest absolute Gasteiger partial charge is 0.497 e. The summed E-state index contributed by atoms with van der Waals surface area (Å²) in [5.41, 5.74) is 3.13. The Labute approximate surface area is 208 Å². The van der Waals surface area contributed by atoms with Gasteiger partial charge in [-0.2, -0.15) is 5.10 Å². The van der Waals surface area contributed by atoms with Crippen LogP contribution in [0.1, 0.15) is 28.7 Å². The summed E-state index contributed by atoms with van der Waals surface area (Å²) in [6, 6.07) is 20.3. The predicted molar refractivity (Wildman–Crippen MR) is 135 cm³/mol. The molecule has 6 nitrogen and oxygen atoms in total. The molecule has 0 aliphatic carbocycles. The van der Waals surface area contributed by atoms with Gasteiger partial charge in [-0.05, 0) is 66.6 Å². The van der Waals surface area contributed by atoms with Crippen molar-refractivity contribution in [3.8, 4) is 22.8 Å². The molecule has 1 N–H and O–H groups in total. The van der Waals surface area contributed by atoms with E-state index < -0.39 is 0 Å². The molecule has 0 aliphatic heterocycles. The summed E-state index contributed by atoms with van der Waals surface area (Å²) >= 11 is 12.2. The van der Waals surface area contributed by atoms with E-state index in [-0.39, 0.29) is 5.91 Å². The zero-order valence-electron chi connectivity index (χ0n) is 18.9. The quantitative estimate of drug-likeness (QED) is 0.336. The van der Waals surface area contributed by atoms with Crippen molar-refractivity contribution in [2.75, 3.05) is 13.7 Å². The molecule has 4 rings (SSSR count). The molecule has 4 aromatic rings. The number of hydrogen-bond donors (Lipinski definition) is 1. The maximum atomic E-state index is 12.8. The van der Waals surface area contributed by atoms with Crippen LogP contribution in [0.15, 0.2) is 66.7 Å². The normalized spacial score (nSPS) is 10.8. The number of hydrogen-bond acceptors (Lipinski definition) is 4. The molecule has 34 heavy (non-hydrogen) atoms. The number of nitrogens with one attached hydrogen (secondary N) is 1. The minimum absolute atomic E-state index is 0.172. The van der Waals surface area contributed by atoms with E-state index in [1.165, 1.54) is 0 Å². The van der Waals surface area contributed by atoms with Gasteiger partial charge in [0.05, 0.1) is 12.8 Å². The molecule has 0 spiro atoms. The van der Waals surface area contributed by atoms with Crippen LogP contribution in [0.25, 0.3) is 17.1 Å². The fourth-order valence-electron chi connectivity index (χ4n) is 3.53. The highest BCUT2D eigenvalue weighted by Crippen LogP contribution is 2.25. The van der Waals surface area contributed by atoms with Gasteiger partial charge in [0, 0.05) is 34.1 Å². The van der Waals surface area contributed by atoms with Crippen LogP contribution in [0.5, 0.6) is 5.75 Å². The van der Waals surface area contributed by atoms with Crippen molar-refractivity contribution in [2.45, 2.75) is 19.8 Å². The topological polar surface area (TPSA) is 69.0 Å². The summed E-state index contributed by atoms with van der Waals surface area (Å²) in [7, 11) is 1.63. The van der Waals surface area contributed by atoms with Gasteiger partial charge in [0.25, 0.3) is 5.91 Å². The number of halogens is 2. The average Bonchev–Trinajstić information content (AvgIpc) is 3.30. The zero-order valence-corrected chi connectivity index (χ0v) is 20.4. The van der Waals surface area contributed by atoms with Crippen molar-refractivity contribution in [3.63, 3.8) is 0 Å². The van der Waals surface area contributed by atoms with Crippen LogP contribution in [0.2, 0.25) is 10.0 Å². The second-order valence-electron chi connectivity index (χ2n) is 7.64. The van der Waals surface area contributed by atoms with Gasteiger partial charge in [-0.15, -0.1) is 0 Å². The van der Waals surface area contributed by atoms with Crippen molar-refractivity contribution < 1.29 is 9.53 Å². The molecule has 0 bridgehead atoms. The summed E-state index contributed by atoms with van der Waals surface area (Å²) < 4.78 is 7.03. The fourth-order valence-corrected chi connectivity index (χ4v) is 4.03. The average molecular weight is 495 g/mol. The van der Waals surface area contributed by atoms with Crippen LogP contribution in [0, 0.1) is 0 Å². The smallest absolute Gasteiger partial charge is 0.251 e. The van der Waals surface area contributed by atoms with Crippen LogP contribution in [0.3, 0.4) is 0 Å². The van der Waals surface area contributed by atoms with Gasteiger partial charge in [-0.25, -0.2) is 9.67 Å². The number of rotatable bonds is 8. The third-order valence-electron chi connectivity index (χ3n) is 5.36. The van der Waals surface area contributed by atoms with Gasteiger partial charge < -0.3 is 10.1 Å². The van der Waals surface area contributed by atoms with Crippen molar-refractivity contribution in [1.29, 1.82) is 0 Å². The Morgan fingerprint density at radius 3 is 2.56 bits per heavy atom. The minimum atomic E-state index is -0.172. The van der Waals surface area contributed by atoms with Gasteiger partial charge in [0.2, 0.25) is 0 Å². The summed E-state index contributed by atoms with van der Waals surface area (Å²) in [4.78, 5) is 17.5. The van der Waals surface area contributed by atoms with E-state index in [0.29, 0.717) is 40.8 Å². The van der Waals surface area contributed by atoms with E-state index in [0.717, 1.165) is 28.4 Å². The standard InChI is InChI=1S/C26H24Cl2N4O2/c1-3-24-30-25(18-8-11-22(34-2)12-9-18)32(31-24)21-6-4-5-19(15-21)26(33)29-14-13-17-7-10-20(27)16-23(17)28/h4-12,15-16H,3,13-14H2,1-2H3,(H,29,33). The van der Waals surface area contributed by atoms with Gasteiger partial charge in [-0.1, -0.05) is 42.3 Å². The highest BCUT2D eigenvalue weighted by molar-refractivity contribution is 6.35. The number of benzene rings is 3. The molecule has 0 saturated heterocycles. The Hall–Kier alpha value is -3.35. The monoisotopic (exact) mass is 494 g/mol. The van der Waals surface area contributed by atoms with Gasteiger partial charge in [0.15, 0.2) is 11.6 Å². The maximum Gasteiger partial charge on any atom is 0.251 e. The molecule has 1 aromatic heterocycles. The van der Waals surface area contributed by atoms with Gasteiger partial charge in [-0.3, -0.25) is 4.79 Å². The molecular formula is C26H24Cl2N4O2. The Morgan fingerprint density at radius 2 is 1.85 bits per heavy atom. The van der Waals surface area contributed by atoms with E-state index in [4.69, 9.17) is 32.9 Å². The second kappa shape index (κ2) is 10.7. The van der Waals surface area contributed by atoms with E-state index in [1.807, 2.05) is 55.5 Å². The molecule has 3 aromatic carbocycles. The highest BCUT2D eigenvalue weighted by Gasteiger charge is 2.15. The predicted octanol–water partition coefficient (Wildman–Crippen LogP) is 5.78. The number of carbonyl (C=O) groups is 1. The lowest BCUT2D eigenvalue weighted by atomic mass is 10.1. The number of amides is 1. The van der Waals surface area contributed by atoms with Crippen molar-refractivity contribution in [1.82, 2.24) is 20.1 Å². The molecule has 0 unspecified atom stereocenters. The first-order chi connectivity index (χ1) is 16.5. The maximum absolute atomic E-state index is 12.8. The fraction of sp³-hybridized carbons (Fsp3) is 0.192. The molecule has 8 heteroatoms. The third-order valence-corrected chi connectivity index (χ3v) is 5.95. The Kier molecular flexibility index (Phi) is 7.50. The molecule has 0 radical (unpaired) electrons. The van der Waals surface area contributed by atoms with E-state index in [2.05, 4.69) is 10.4 Å². The molecule has 1 heterocycles. The van der Waals surface area contributed by atoms with Crippen LogP contribution in [0.4, 0.5) is 0 Å². The first kappa shape index (κ1) is 23.8.